The average Bonchev–Trinajstić information content (AvgIpc) is 2.86. The van der Waals surface area contributed by atoms with Crippen LogP contribution in [-0.4, -0.2) is 13.1 Å². The standard InChI is InChI=1S/C27H18O6/c1-30-18-9-11-19(12-10-18)32-25-16-31-24-15-20(13-14-23(24)26(25)28)33-27(29)22-8-4-6-17-5-2-3-7-21(17)22/h2-16H,1H3. The summed E-state index contributed by atoms with van der Waals surface area (Å²) in [5.74, 6) is 0.982. The van der Waals surface area contributed by atoms with E-state index in [0.717, 1.165) is 10.8 Å². The molecule has 0 amide bonds. The lowest BCUT2D eigenvalue weighted by atomic mass is 10.0. The van der Waals surface area contributed by atoms with E-state index in [-0.39, 0.29) is 22.5 Å². The molecule has 0 aliphatic heterocycles. The first-order valence-electron chi connectivity index (χ1n) is 10.2. The molecule has 0 spiro atoms. The lowest BCUT2D eigenvalue weighted by Crippen LogP contribution is -2.09. The highest BCUT2D eigenvalue weighted by molar-refractivity contribution is 6.05. The van der Waals surface area contributed by atoms with Crippen molar-refractivity contribution in [3.63, 3.8) is 0 Å². The Labute approximate surface area is 188 Å². The van der Waals surface area contributed by atoms with Crippen molar-refractivity contribution < 1.29 is 23.4 Å². The van der Waals surface area contributed by atoms with Crippen LogP contribution in [-0.2, 0) is 0 Å². The van der Waals surface area contributed by atoms with Crippen LogP contribution in [0, 0.1) is 0 Å². The number of hydrogen-bond donors (Lipinski definition) is 0. The van der Waals surface area contributed by atoms with Gasteiger partial charge in [0.05, 0.1) is 18.1 Å². The summed E-state index contributed by atoms with van der Waals surface area (Å²) in [6.07, 6.45) is 1.24. The first-order valence-corrected chi connectivity index (χ1v) is 10.2. The SMILES string of the molecule is COc1ccc(Oc2coc3cc(OC(=O)c4cccc5ccccc45)ccc3c2=O)cc1. The van der Waals surface area contributed by atoms with Crippen molar-refractivity contribution >= 4 is 27.7 Å². The molecular weight excluding hydrogens is 420 g/mol. The van der Waals surface area contributed by atoms with Gasteiger partial charge in [0.1, 0.15) is 29.1 Å². The molecule has 0 aliphatic carbocycles. The summed E-state index contributed by atoms with van der Waals surface area (Å²) in [4.78, 5) is 25.6. The van der Waals surface area contributed by atoms with Crippen molar-refractivity contribution in [1.82, 2.24) is 0 Å². The maximum Gasteiger partial charge on any atom is 0.344 e. The van der Waals surface area contributed by atoms with Gasteiger partial charge >= 0.3 is 5.97 Å². The first kappa shape index (κ1) is 20.3. The fourth-order valence-electron chi connectivity index (χ4n) is 3.56. The molecule has 6 nitrogen and oxygen atoms in total. The smallest absolute Gasteiger partial charge is 0.344 e. The van der Waals surface area contributed by atoms with Crippen LogP contribution in [0.15, 0.2) is 100 Å². The normalized spacial score (nSPS) is 10.8. The summed E-state index contributed by atoms with van der Waals surface area (Å²) in [5, 5.41) is 2.06. The molecular formula is C27H18O6. The molecule has 0 radical (unpaired) electrons. The fourth-order valence-corrected chi connectivity index (χ4v) is 3.56. The number of ether oxygens (including phenoxy) is 3. The number of esters is 1. The summed E-state index contributed by atoms with van der Waals surface area (Å²) in [5.41, 5.74) is 0.405. The highest BCUT2D eigenvalue weighted by Gasteiger charge is 2.15. The molecule has 4 aromatic carbocycles. The van der Waals surface area contributed by atoms with E-state index in [4.69, 9.17) is 18.6 Å². The summed E-state index contributed by atoms with van der Waals surface area (Å²) in [6.45, 7) is 0. The predicted molar refractivity (Wildman–Crippen MR) is 124 cm³/mol. The second kappa shape index (κ2) is 8.51. The van der Waals surface area contributed by atoms with Gasteiger partial charge in [0.15, 0.2) is 0 Å². The van der Waals surface area contributed by atoms with Crippen molar-refractivity contribution in [1.29, 1.82) is 0 Å². The Kier molecular flexibility index (Phi) is 5.24. The van der Waals surface area contributed by atoms with Gasteiger partial charge in [-0.1, -0.05) is 36.4 Å². The fraction of sp³-hybridized carbons (Fsp3) is 0.0370. The van der Waals surface area contributed by atoms with Crippen LogP contribution in [0.5, 0.6) is 23.0 Å². The van der Waals surface area contributed by atoms with Gasteiger partial charge in [-0.05, 0) is 53.2 Å². The predicted octanol–water partition coefficient (Wildman–Crippen LogP) is 5.97. The van der Waals surface area contributed by atoms with Crippen LogP contribution in [0.3, 0.4) is 0 Å². The quantitative estimate of drug-likeness (QED) is 0.249. The third-order valence-corrected chi connectivity index (χ3v) is 5.22. The zero-order valence-corrected chi connectivity index (χ0v) is 17.6. The largest absolute Gasteiger partial charge is 0.497 e. The maximum atomic E-state index is 12.8. The Balaban J connectivity index is 1.41. The molecule has 0 atom stereocenters. The minimum absolute atomic E-state index is 0.0492. The van der Waals surface area contributed by atoms with Crippen molar-refractivity contribution in [2.75, 3.05) is 7.11 Å². The highest BCUT2D eigenvalue weighted by Crippen LogP contribution is 2.26. The van der Waals surface area contributed by atoms with E-state index >= 15 is 0 Å². The molecule has 1 heterocycles. The topological polar surface area (TPSA) is 75.0 Å². The number of hydrogen-bond acceptors (Lipinski definition) is 6. The molecule has 1 aromatic heterocycles. The van der Waals surface area contributed by atoms with Crippen LogP contribution < -0.4 is 19.6 Å². The molecule has 0 fully saturated rings. The Bertz CT molecular complexity index is 1530. The summed E-state index contributed by atoms with van der Waals surface area (Å²) in [7, 11) is 1.57. The van der Waals surface area contributed by atoms with Crippen molar-refractivity contribution in [3.05, 3.63) is 107 Å². The molecule has 0 aliphatic rings. The average molecular weight is 438 g/mol. The van der Waals surface area contributed by atoms with Gasteiger partial charge in [-0.3, -0.25) is 4.79 Å². The second-order valence-electron chi connectivity index (χ2n) is 7.28. The van der Waals surface area contributed by atoms with Crippen molar-refractivity contribution in [2.24, 2.45) is 0 Å². The van der Waals surface area contributed by atoms with E-state index in [0.29, 0.717) is 22.4 Å². The zero-order chi connectivity index (χ0) is 22.8. The Morgan fingerprint density at radius 1 is 0.788 bits per heavy atom. The Morgan fingerprint density at radius 3 is 2.33 bits per heavy atom. The van der Waals surface area contributed by atoms with E-state index < -0.39 is 5.97 Å². The minimum atomic E-state index is -0.493. The number of benzene rings is 4. The van der Waals surface area contributed by atoms with Crippen LogP contribution in [0.2, 0.25) is 0 Å². The Morgan fingerprint density at radius 2 is 1.52 bits per heavy atom. The third-order valence-electron chi connectivity index (χ3n) is 5.22. The Hall–Kier alpha value is -4.58. The van der Waals surface area contributed by atoms with Crippen LogP contribution in [0.4, 0.5) is 0 Å². The highest BCUT2D eigenvalue weighted by atomic mass is 16.5. The number of carbonyl (C=O) groups excluding carboxylic acids is 1. The number of carbonyl (C=O) groups is 1. The molecule has 0 bridgehead atoms. The maximum absolute atomic E-state index is 12.8. The van der Waals surface area contributed by atoms with Crippen LogP contribution in [0.1, 0.15) is 10.4 Å². The number of rotatable bonds is 5. The van der Waals surface area contributed by atoms with E-state index in [1.807, 2.05) is 36.4 Å². The molecule has 0 N–H and O–H groups in total. The van der Waals surface area contributed by atoms with E-state index in [1.165, 1.54) is 12.3 Å². The molecule has 0 saturated carbocycles. The van der Waals surface area contributed by atoms with Gasteiger partial charge < -0.3 is 18.6 Å². The molecule has 5 rings (SSSR count). The monoisotopic (exact) mass is 438 g/mol. The summed E-state index contributed by atoms with van der Waals surface area (Å²) >= 11 is 0. The second-order valence-corrected chi connectivity index (χ2v) is 7.28. The molecule has 6 heteroatoms. The molecule has 33 heavy (non-hydrogen) atoms. The van der Waals surface area contributed by atoms with Gasteiger partial charge in [-0.2, -0.15) is 0 Å². The minimum Gasteiger partial charge on any atom is -0.497 e. The molecule has 162 valence electrons. The first-order chi connectivity index (χ1) is 16.1. The van der Waals surface area contributed by atoms with E-state index in [1.54, 1.807) is 49.6 Å². The van der Waals surface area contributed by atoms with Gasteiger partial charge in [-0.15, -0.1) is 0 Å². The number of methoxy groups -OCH3 is 1. The van der Waals surface area contributed by atoms with Crippen LogP contribution in [0.25, 0.3) is 21.7 Å². The summed E-state index contributed by atoms with van der Waals surface area (Å²) < 4.78 is 21.9. The van der Waals surface area contributed by atoms with E-state index in [9.17, 15) is 9.59 Å². The molecule has 5 aromatic rings. The third kappa shape index (κ3) is 4.02. The van der Waals surface area contributed by atoms with Gasteiger partial charge in [0.2, 0.25) is 11.2 Å². The summed E-state index contributed by atoms with van der Waals surface area (Å²) in [6, 6.07) is 24.5. The number of fused-ring (bicyclic) bond motifs is 2. The lowest BCUT2D eigenvalue weighted by molar-refractivity contribution is 0.0737. The zero-order valence-electron chi connectivity index (χ0n) is 17.6. The van der Waals surface area contributed by atoms with Gasteiger partial charge in [0.25, 0.3) is 0 Å². The van der Waals surface area contributed by atoms with Gasteiger partial charge in [0, 0.05) is 6.07 Å². The molecule has 0 saturated heterocycles. The van der Waals surface area contributed by atoms with Crippen molar-refractivity contribution in [3.8, 4) is 23.0 Å². The van der Waals surface area contributed by atoms with Crippen molar-refractivity contribution in [2.45, 2.75) is 0 Å². The molecule has 0 unspecified atom stereocenters. The lowest BCUT2D eigenvalue weighted by Gasteiger charge is -2.09. The van der Waals surface area contributed by atoms with Crippen LogP contribution >= 0.6 is 0 Å². The van der Waals surface area contributed by atoms with Gasteiger partial charge in [-0.25, -0.2) is 4.79 Å². The van der Waals surface area contributed by atoms with E-state index in [2.05, 4.69) is 0 Å².